The van der Waals surface area contributed by atoms with Crippen molar-refractivity contribution in [3.8, 4) is 0 Å². The Morgan fingerprint density at radius 1 is 1.64 bits per heavy atom. The highest BCUT2D eigenvalue weighted by atomic mass is 16.5. The third-order valence-corrected chi connectivity index (χ3v) is 2.65. The van der Waals surface area contributed by atoms with Gasteiger partial charge in [-0.2, -0.15) is 0 Å². The van der Waals surface area contributed by atoms with Gasteiger partial charge in [0.05, 0.1) is 18.4 Å². The van der Waals surface area contributed by atoms with Gasteiger partial charge in [-0.05, 0) is 31.9 Å². The van der Waals surface area contributed by atoms with Gasteiger partial charge in [0.15, 0.2) is 0 Å². The van der Waals surface area contributed by atoms with E-state index < -0.39 is 0 Å². The van der Waals surface area contributed by atoms with Crippen molar-refractivity contribution in [3.05, 3.63) is 24.2 Å². The Hall–Kier alpha value is -0.800. The fourth-order valence-corrected chi connectivity index (χ4v) is 1.75. The van der Waals surface area contributed by atoms with E-state index in [0.29, 0.717) is 6.10 Å². The van der Waals surface area contributed by atoms with Crippen LogP contribution in [0.5, 0.6) is 0 Å². The Morgan fingerprint density at radius 2 is 2.57 bits per heavy atom. The van der Waals surface area contributed by atoms with Gasteiger partial charge in [0.1, 0.15) is 5.76 Å². The fourth-order valence-electron chi connectivity index (χ4n) is 1.75. The van der Waals surface area contributed by atoms with Crippen LogP contribution in [-0.2, 0) is 4.74 Å². The molecule has 0 spiro atoms. The van der Waals surface area contributed by atoms with Gasteiger partial charge in [0.2, 0.25) is 0 Å². The van der Waals surface area contributed by atoms with Gasteiger partial charge in [-0.15, -0.1) is 0 Å². The van der Waals surface area contributed by atoms with Gasteiger partial charge in [0.25, 0.3) is 0 Å². The number of hydrogen-bond donors (Lipinski definition) is 1. The SMILES string of the molecule is C[C@@H](NC[C@H]1CCCO1)c1ccco1. The zero-order valence-corrected chi connectivity index (χ0v) is 8.53. The normalized spacial score (nSPS) is 23.9. The molecule has 1 aliphatic heterocycles. The molecule has 2 rings (SSSR count). The smallest absolute Gasteiger partial charge is 0.120 e. The summed E-state index contributed by atoms with van der Waals surface area (Å²) in [4.78, 5) is 0. The van der Waals surface area contributed by atoms with Crippen molar-refractivity contribution in [2.24, 2.45) is 0 Å². The molecular formula is C11H17NO2. The first kappa shape index (κ1) is 9.74. The second kappa shape index (κ2) is 4.62. The van der Waals surface area contributed by atoms with E-state index in [1.807, 2.05) is 12.1 Å². The Kier molecular flexibility index (Phi) is 3.22. The first-order valence-corrected chi connectivity index (χ1v) is 5.24. The Morgan fingerprint density at radius 3 is 3.21 bits per heavy atom. The minimum absolute atomic E-state index is 0.272. The molecule has 0 aromatic carbocycles. The number of hydrogen-bond acceptors (Lipinski definition) is 3. The van der Waals surface area contributed by atoms with Gasteiger partial charge in [-0.3, -0.25) is 0 Å². The van der Waals surface area contributed by atoms with Crippen molar-refractivity contribution in [2.45, 2.75) is 31.9 Å². The highest BCUT2D eigenvalue weighted by Crippen LogP contribution is 2.15. The monoisotopic (exact) mass is 195 g/mol. The summed E-state index contributed by atoms with van der Waals surface area (Å²) in [5.74, 6) is 0.989. The molecule has 14 heavy (non-hydrogen) atoms. The molecule has 1 saturated heterocycles. The summed E-state index contributed by atoms with van der Waals surface area (Å²) in [6, 6.07) is 4.18. The van der Waals surface area contributed by atoms with Gasteiger partial charge < -0.3 is 14.5 Å². The lowest BCUT2D eigenvalue weighted by Crippen LogP contribution is -2.28. The molecule has 1 aromatic rings. The van der Waals surface area contributed by atoms with Crippen molar-refractivity contribution >= 4 is 0 Å². The molecule has 1 aliphatic rings. The fraction of sp³-hybridized carbons (Fsp3) is 0.636. The zero-order valence-electron chi connectivity index (χ0n) is 8.53. The second-order valence-electron chi connectivity index (χ2n) is 3.78. The molecule has 2 heterocycles. The van der Waals surface area contributed by atoms with Gasteiger partial charge in [-0.1, -0.05) is 0 Å². The van der Waals surface area contributed by atoms with Gasteiger partial charge >= 0.3 is 0 Å². The lowest BCUT2D eigenvalue weighted by Gasteiger charge is -2.14. The van der Waals surface area contributed by atoms with Crippen molar-refractivity contribution in [3.63, 3.8) is 0 Å². The standard InChI is InChI=1S/C11H17NO2/c1-9(11-5-3-7-14-11)12-8-10-4-2-6-13-10/h3,5,7,9-10,12H,2,4,6,8H2,1H3/t9-,10-/m1/s1. The molecule has 0 saturated carbocycles. The minimum Gasteiger partial charge on any atom is -0.468 e. The van der Waals surface area contributed by atoms with E-state index in [2.05, 4.69) is 12.2 Å². The molecule has 0 aliphatic carbocycles. The average Bonchev–Trinajstić information content (AvgIpc) is 2.87. The van der Waals surface area contributed by atoms with E-state index in [0.717, 1.165) is 18.9 Å². The maximum Gasteiger partial charge on any atom is 0.120 e. The molecular weight excluding hydrogens is 178 g/mol. The van der Waals surface area contributed by atoms with E-state index in [4.69, 9.17) is 9.15 Å². The zero-order chi connectivity index (χ0) is 9.80. The van der Waals surface area contributed by atoms with Crippen molar-refractivity contribution in [2.75, 3.05) is 13.2 Å². The maximum absolute atomic E-state index is 5.53. The van der Waals surface area contributed by atoms with Crippen LogP contribution < -0.4 is 5.32 Å². The third-order valence-electron chi connectivity index (χ3n) is 2.65. The summed E-state index contributed by atoms with van der Waals surface area (Å²) in [5, 5.41) is 3.41. The van der Waals surface area contributed by atoms with E-state index in [9.17, 15) is 0 Å². The molecule has 2 atom stereocenters. The summed E-state index contributed by atoms with van der Waals surface area (Å²) in [5.41, 5.74) is 0. The topological polar surface area (TPSA) is 34.4 Å². The number of ether oxygens (including phenoxy) is 1. The van der Waals surface area contributed by atoms with E-state index >= 15 is 0 Å². The van der Waals surface area contributed by atoms with Gasteiger partial charge in [-0.25, -0.2) is 0 Å². The molecule has 0 unspecified atom stereocenters. The molecule has 1 N–H and O–H groups in total. The molecule has 3 nitrogen and oxygen atoms in total. The largest absolute Gasteiger partial charge is 0.468 e. The Bertz CT molecular complexity index is 252. The van der Waals surface area contributed by atoms with Crippen LogP contribution in [0.4, 0.5) is 0 Å². The molecule has 78 valence electrons. The average molecular weight is 195 g/mol. The van der Waals surface area contributed by atoms with Crippen LogP contribution >= 0.6 is 0 Å². The van der Waals surface area contributed by atoms with E-state index in [1.54, 1.807) is 6.26 Å². The summed E-state index contributed by atoms with van der Waals surface area (Å²) >= 11 is 0. The Labute approximate surface area is 84.4 Å². The van der Waals surface area contributed by atoms with Gasteiger partial charge in [0, 0.05) is 13.2 Å². The van der Waals surface area contributed by atoms with Crippen LogP contribution in [0.25, 0.3) is 0 Å². The summed E-state index contributed by atoms with van der Waals surface area (Å²) in [7, 11) is 0. The first-order valence-electron chi connectivity index (χ1n) is 5.24. The van der Waals surface area contributed by atoms with Crippen LogP contribution in [0.1, 0.15) is 31.6 Å². The van der Waals surface area contributed by atoms with Crippen LogP contribution in [0.3, 0.4) is 0 Å². The highest BCUT2D eigenvalue weighted by Gasteiger charge is 2.16. The lowest BCUT2D eigenvalue weighted by atomic mass is 10.2. The molecule has 1 fully saturated rings. The predicted octanol–water partition coefficient (Wildman–Crippen LogP) is 2.11. The number of rotatable bonds is 4. The number of nitrogens with one attached hydrogen (secondary N) is 1. The van der Waals surface area contributed by atoms with E-state index in [1.165, 1.54) is 12.8 Å². The van der Waals surface area contributed by atoms with Crippen LogP contribution in [0.2, 0.25) is 0 Å². The van der Waals surface area contributed by atoms with Crippen molar-refractivity contribution in [1.82, 2.24) is 5.32 Å². The van der Waals surface area contributed by atoms with Crippen molar-refractivity contribution in [1.29, 1.82) is 0 Å². The molecule has 3 heteroatoms. The molecule has 0 amide bonds. The molecule has 1 aromatic heterocycles. The second-order valence-corrected chi connectivity index (χ2v) is 3.78. The molecule has 0 bridgehead atoms. The Balaban J connectivity index is 1.74. The maximum atomic E-state index is 5.53. The quantitative estimate of drug-likeness (QED) is 0.799. The van der Waals surface area contributed by atoms with Crippen LogP contribution in [0, 0.1) is 0 Å². The summed E-state index contributed by atoms with van der Waals surface area (Å²) in [6.45, 7) is 3.94. The highest BCUT2D eigenvalue weighted by molar-refractivity contribution is 5.02. The van der Waals surface area contributed by atoms with E-state index in [-0.39, 0.29) is 6.04 Å². The number of furan rings is 1. The summed E-state index contributed by atoms with van der Waals surface area (Å²) < 4.78 is 10.8. The lowest BCUT2D eigenvalue weighted by molar-refractivity contribution is 0.107. The van der Waals surface area contributed by atoms with Crippen LogP contribution in [-0.4, -0.2) is 19.3 Å². The third kappa shape index (κ3) is 2.36. The minimum atomic E-state index is 0.272. The predicted molar refractivity (Wildman–Crippen MR) is 54.1 cm³/mol. The molecule has 0 radical (unpaired) electrons. The van der Waals surface area contributed by atoms with Crippen LogP contribution in [0.15, 0.2) is 22.8 Å². The first-order chi connectivity index (χ1) is 6.86. The van der Waals surface area contributed by atoms with Crippen molar-refractivity contribution < 1.29 is 9.15 Å². The summed E-state index contributed by atoms with van der Waals surface area (Å²) in [6.07, 6.45) is 4.48.